The van der Waals surface area contributed by atoms with Gasteiger partial charge in [0.05, 0.1) is 11.4 Å². The fourth-order valence-electron chi connectivity index (χ4n) is 2.27. The van der Waals surface area contributed by atoms with Crippen LogP contribution in [0, 0.1) is 0 Å². The van der Waals surface area contributed by atoms with Crippen molar-refractivity contribution >= 4 is 11.4 Å². The topological polar surface area (TPSA) is 106 Å². The van der Waals surface area contributed by atoms with Gasteiger partial charge in [0.15, 0.2) is 0 Å². The number of nitrogens with zero attached hydrogens (tertiary/aromatic N) is 2. The molecule has 0 aromatic rings. The molecule has 0 aromatic heterocycles. The molecule has 5 N–H and O–H groups in total. The Morgan fingerprint density at radius 3 is 1.74 bits per heavy atom. The third-order valence-electron chi connectivity index (χ3n) is 3.58. The van der Waals surface area contributed by atoms with Crippen LogP contribution in [0.25, 0.3) is 0 Å². The SMILES string of the molecule is CON=C1CCC(N)CC1.NC1CCC(=NO)CC1. The number of rotatable bonds is 1. The van der Waals surface area contributed by atoms with E-state index >= 15 is 0 Å². The van der Waals surface area contributed by atoms with Crippen LogP contribution in [-0.4, -0.2) is 35.8 Å². The van der Waals surface area contributed by atoms with E-state index < -0.39 is 0 Å². The van der Waals surface area contributed by atoms with Crippen LogP contribution in [0.5, 0.6) is 0 Å². The largest absolute Gasteiger partial charge is 0.411 e. The molecule has 2 aliphatic rings. The van der Waals surface area contributed by atoms with Crippen molar-refractivity contribution in [2.75, 3.05) is 7.11 Å². The Morgan fingerprint density at radius 1 is 0.947 bits per heavy atom. The van der Waals surface area contributed by atoms with E-state index in [1.54, 1.807) is 7.11 Å². The van der Waals surface area contributed by atoms with Crippen molar-refractivity contribution in [1.29, 1.82) is 0 Å². The summed E-state index contributed by atoms with van der Waals surface area (Å²) in [5.41, 5.74) is 13.4. The summed E-state index contributed by atoms with van der Waals surface area (Å²) in [6.45, 7) is 0. The van der Waals surface area contributed by atoms with Crippen LogP contribution in [0.1, 0.15) is 51.4 Å². The van der Waals surface area contributed by atoms with Gasteiger partial charge in [0, 0.05) is 12.1 Å². The summed E-state index contributed by atoms with van der Waals surface area (Å²) in [6, 6.07) is 0.714. The Morgan fingerprint density at radius 2 is 1.37 bits per heavy atom. The van der Waals surface area contributed by atoms with Crippen molar-refractivity contribution in [2.45, 2.75) is 63.5 Å². The zero-order valence-corrected chi connectivity index (χ0v) is 11.7. The maximum Gasteiger partial charge on any atom is 0.106 e. The van der Waals surface area contributed by atoms with Crippen LogP contribution < -0.4 is 11.5 Å². The summed E-state index contributed by atoms with van der Waals surface area (Å²) in [5, 5.41) is 15.3. The van der Waals surface area contributed by atoms with Crippen molar-refractivity contribution in [3.05, 3.63) is 0 Å². The minimum atomic E-state index is 0.329. The fourth-order valence-corrected chi connectivity index (χ4v) is 2.27. The molecule has 0 aromatic carbocycles. The van der Waals surface area contributed by atoms with E-state index in [-0.39, 0.29) is 0 Å². The first-order chi connectivity index (χ1) is 9.15. The summed E-state index contributed by atoms with van der Waals surface area (Å²) >= 11 is 0. The third-order valence-corrected chi connectivity index (χ3v) is 3.58. The van der Waals surface area contributed by atoms with E-state index in [1.165, 1.54) is 0 Å². The minimum absolute atomic E-state index is 0.329. The monoisotopic (exact) mass is 270 g/mol. The normalized spacial score (nSPS) is 27.1. The van der Waals surface area contributed by atoms with Gasteiger partial charge in [-0.05, 0) is 51.4 Å². The zero-order valence-electron chi connectivity index (χ0n) is 11.7. The van der Waals surface area contributed by atoms with Gasteiger partial charge in [0.25, 0.3) is 0 Å². The molecule has 0 unspecified atom stereocenters. The van der Waals surface area contributed by atoms with Crippen LogP contribution in [0.4, 0.5) is 0 Å². The summed E-state index contributed by atoms with van der Waals surface area (Å²) in [6.07, 6.45) is 7.82. The van der Waals surface area contributed by atoms with Gasteiger partial charge < -0.3 is 21.5 Å². The third kappa shape index (κ3) is 6.54. The van der Waals surface area contributed by atoms with Gasteiger partial charge in [0.2, 0.25) is 0 Å². The lowest BCUT2D eigenvalue weighted by Gasteiger charge is -2.17. The van der Waals surface area contributed by atoms with Crippen molar-refractivity contribution in [3.8, 4) is 0 Å². The molecule has 0 amide bonds. The lowest BCUT2D eigenvalue weighted by atomic mass is 9.95. The standard InChI is InChI=1S/C7H14N2O.C6H12N2O/c1-10-9-7-4-2-6(8)3-5-7;7-5-1-3-6(8-9)4-2-5/h6H,2-5,8H2,1H3;5,9H,1-4,7H2. The van der Waals surface area contributed by atoms with Crippen LogP contribution in [-0.2, 0) is 4.84 Å². The molecule has 2 fully saturated rings. The number of oxime groups is 2. The lowest BCUT2D eigenvalue weighted by molar-refractivity contribution is 0.210. The van der Waals surface area contributed by atoms with E-state index in [4.69, 9.17) is 16.7 Å². The first-order valence-electron chi connectivity index (χ1n) is 6.95. The molecule has 6 nitrogen and oxygen atoms in total. The van der Waals surface area contributed by atoms with E-state index in [0.29, 0.717) is 12.1 Å². The molecule has 0 atom stereocenters. The van der Waals surface area contributed by atoms with E-state index in [2.05, 4.69) is 15.1 Å². The molecule has 0 bridgehead atoms. The molecule has 2 saturated carbocycles. The van der Waals surface area contributed by atoms with Crippen molar-refractivity contribution in [1.82, 2.24) is 0 Å². The summed E-state index contributed by atoms with van der Waals surface area (Å²) in [5.74, 6) is 0. The number of hydrogen-bond donors (Lipinski definition) is 3. The lowest BCUT2D eigenvalue weighted by Crippen LogP contribution is -2.26. The van der Waals surface area contributed by atoms with E-state index in [9.17, 15) is 0 Å². The van der Waals surface area contributed by atoms with Gasteiger partial charge in [0.1, 0.15) is 7.11 Å². The highest BCUT2D eigenvalue weighted by Crippen LogP contribution is 2.14. The Labute approximate surface area is 114 Å². The smallest absolute Gasteiger partial charge is 0.106 e. The summed E-state index contributed by atoms with van der Waals surface area (Å²) < 4.78 is 0. The maximum atomic E-state index is 8.32. The highest BCUT2D eigenvalue weighted by Gasteiger charge is 2.14. The van der Waals surface area contributed by atoms with Gasteiger partial charge in [-0.1, -0.05) is 10.3 Å². The summed E-state index contributed by atoms with van der Waals surface area (Å²) in [4.78, 5) is 4.66. The van der Waals surface area contributed by atoms with Crippen molar-refractivity contribution in [3.63, 3.8) is 0 Å². The molecule has 0 saturated heterocycles. The molecule has 0 spiro atoms. The molecule has 110 valence electrons. The van der Waals surface area contributed by atoms with Crippen LogP contribution in [0.3, 0.4) is 0 Å². The van der Waals surface area contributed by atoms with Gasteiger partial charge in [-0.15, -0.1) is 0 Å². The molecule has 6 heteroatoms. The van der Waals surface area contributed by atoms with Gasteiger partial charge in [-0.2, -0.15) is 0 Å². The predicted molar refractivity (Wildman–Crippen MR) is 76.6 cm³/mol. The molecule has 0 aliphatic heterocycles. The van der Waals surface area contributed by atoms with Crippen molar-refractivity contribution in [2.24, 2.45) is 21.8 Å². The van der Waals surface area contributed by atoms with Crippen molar-refractivity contribution < 1.29 is 10.0 Å². The Balaban J connectivity index is 0.000000191. The Bertz CT molecular complexity index is 298. The second kappa shape index (κ2) is 8.87. The fraction of sp³-hybridized carbons (Fsp3) is 0.846. The molecular formula is C13H26N4O2. The van der Waals surface area contributed by atoms with Gasteiger partial charge >= 0.3 is 0 Å². The second-order valence-electron chi connectivity index (χ2n) is 5.18. The van der Waals surface area contributed by atoms with Crippen LogP contribution >= 0.6 is 0 Å². The molecule has 0 radical (unpaired) electrons. The molecule has 19 heavy (non-hydrogen) atoms. The molecule has 2 rings (SSSR count). The number of hydrogen-bond acceptors (Lipinski definition) is 6. The zero-order chi connectivity index (χ0) is 14.1. The summed E-state index contributed by atoms with van der Waals surface area (Å²) in [7, 11) is 1.58. The van der Waals surface area contributed by atoms with Gasteiger partial charge in [-0.3, -0.25) is 0 Å². The Hall–Kier alpha value is -1.14. The van der Waals surface area contributed by atoms with E-state index in [1.807, 2.05) is 0 Å². The quantitative estimate of drug-likeness (QED) is 0.497. The first-order valence-corrected chi connectivity index (χ1v) is 6.95. The van der Waals surface area contributed by atoms with E-state index in [0.717, 1.165) is 62.8 Å². The molecule has 0 heterocycles. The highest BCUT2D eigenvalue weighted by molar-refractivity contribution is 5.85. The highest BCUT2D eigenvalue weighted by atomic mass is 16.6. The average Bonchev–Trinajstić information content (AvgIpc) is 2.43. The molecule has 2 aliphatic carbocycles. The van der Waals surface area contributed by atoms with Crippen LogP contribution in [0.2, 0.25) is 0 Å². The van der Waals surface area contributed by atoms with Crippen LogP contribution in [0.15, 0.2) is 10.3 Å². The maximum absolute atomic E-state index is 8.32. The number of nitrogens with two attached hydrogens (primary N) is 2. The average molecular weight is 270 g/mol. The minimum Gasteiger partial charge on any atom is -0.411 e. The second-order valence-corrected chi connectivity index (χ2v) is 5.18. The Kier molecular flexibility index (Phi) is 7.43. The van der Waals surface area contributed by atoms with Gasteiger partial charge in [-0.25, -0.2) is 0 Å². The molecular weight excluding hydrogens is 244 g/mol. The predicted octanol–water partition coefficient (Wildman–Crippen LogP) is 1.61. The first kappa shape index (κ1) is 15.9.